The second-order valence-corrected chi connectivity index (χ2v) is 6.88. The maximum atomic E-state index is 12.1. The van der Waals surface area contributed by atoms with Gasteiger partial charge in [-0.3, -0.25) is 4.79 Å². The van der Waals surface area contributed by atoms with Crippen molar-refractivity contribution < 1.29 is 23.5 Å². The number of carbonyl (C=O) groups excluding carboxylic acids is 2. The van der Waals surface area contributed by atoms with Crippen LogP contribution in [0.15, 0.2) is 65.3 Å². The number of nitrogens with zero attached hydrogens (tertiary/aromatic N) is 1. The van der Waals surface area contributed by atoms with E-state index in [4.69, 9.17) is 13.9 Å². The van der Waals surface area contributed by atoms with Gasteiger partial charge in [0.1, 0.15) is 6.26 Å². The standard InChI is InChI=1S/C24H26N2O5/c1-3-29-22(27)15-20(25-24-26-21(16-31-24)23(28)30-4-2)14-17-10-12-19(13-11-17)18-8-6-5-7-9-18/h5-13,16,20H,3-4,14-15H2,1-2H3,(H,25,26)/t20-/m1/s1. The van der Waals surface area contributed by atoms with Crippen molar-refractivity contribution in [3.63, 3.8) is 0 Å². The number of oxazole rings is 1. The molecule has 0 saturated carbocycles. The van der Waals surface area contributed by atoms with E-state index in [1.165, 1.54) is 6.26 Å². The normalized spacial score (nSPS) is 11.5. The summed E-state index contributed by atoms with van der Waals surface area (Å²) in [5.41, 5.74) is 3.37. The quantitative estimate of drug-likeness (QED) is 0.481. The number of esters is 2. The minimum atomic E-state index is -0.558. The molecule has 2 aromatic carbocycles. The summed E-state index contributed by atoms with van der Waals surface area (Å²) >= 11 is 0. The molecular weight excluding hydrogens is 396 g/mol. The highest BCUT2D eigenvalue weighted by Gasteiger charge is 2.20. The molecule has 0 amide bonds. The largest absolute Gasteiger partial charge is 0.466 e. The summed E-state index contributed by atoms with van der Waals surface area (Å²) in [6.07, 6.45) is 1.91. The fourth-order valence-corrected chi connectivity index (χ4v) is 3.16. The molecule has 3 aromatic rings. The van der Waals surface area contributed by atoms with E-state index in [9.17, 15) is 9.59 Å². The Labute approximate surface area is 181 Å². The lowest BCUT2D eigenvalue weighted by Gasteiger charge is -2.17. The van der Waals surface area contributed by atoms with Crippen molar-refractivity contribution >= 4 is 18.0 Å². The van der Waals surface area contributed by atoms with E-state index >= 15 is 0 Å². The molecule has 162 valence electrons. The number of anilines is 1. The van der Waals surface area contributed by atoms with Crippen LogP contribution in [0.2, 0.25) is 0 Å². The van der Waals surface area contributed by atoms with Crippen LogP contribution in [0.25, 0.3) is 11.1 Å². The third-order valence-corrected chi connectivity index (χ3v) is 4.58. The van der Waals surface area contributed by atoms with Crippen LogP contribution in [0.4, 0.5) is 6.01 Å². The van der Waals surface area contributed by atoms with Crippen molar-refractivity contribution in [1.82, 2.24) is 4.98 Å². The average molecular weight is 422 g/mol. The van der Waals surface area contributed by atoms with Gasteiger partial charge in [-0.15, -0.1) is 0 Å². The molecule has 0 aliphatic carbocycles. The molecular formula is C24H26N2O5. The maximum absolute atomic E-state index is 12.1. The topological polar surface area (TPSA) is 90.7 Å². The highest BCUT2D eigenvalue weighted by atomic mass is 16.5. The maximum Gasteiger partial charge on any atom is 0.360 e. The molecule has 1 heterocycles. The van der Waals surface area contributed by atoms with Gasteiger partial charge in [0.05, 0.1) is 19.6 Å². The fourth-order valence-electron chi connectivity index (χ4n) is 3.16. The predicted molar refractivity (Wildman–Crippen MR) is 117 cm³/mol. The second kappa shape index (κ2) is 11.0. The van der Waals surface area contributed by atoms with Gasteiger partial charge in [-0.1, -0.05) is 54.6 Å². The molecule has 7 nitrogen and oxygen atoms in total. The molecule has 1 atom stereocenters. The van der Waals surface area contributed by atoms with E-state index in [0.717, 1.165) is 16.7 Å². The van der Waals surface area contributed by atoms with Crippen molar-refractivity contribution in [2.45, 2.75) is 32.7 Å². The first kappa shape index (κ1) is 22.1. The Bertz CT molecular complexity index is 983. The van der Waals surface area contributed by atoms with Crippen LogP contribution in [-0.2, 0) is 20.7 Å². The SMILES string of the molecule is CCOC(=O)C[C@@H](Cc1ccc(-c2ccccc2)cc1)Nc1nc(C(=O)OCC)co1. The first-order valence-electron chi connectivity index (χ1n) is 10.3. The van der Waals surface area contributed by atoms with E-state index in [0.29, 0.717) is 13.0 Å². The van der Waals surface area contributed by atoms with Crippen LogP contribution < -0.4 is 5.32 Å². The van der Waals surface area contributed by atoms with Gasteiger partial charge < -0.3 is 19.2 Å². The first-order valence-corrected chi connectivity index (χ1v) is 10.3. The van der Waals surface area contributed by atoms with Crippen molar-refractivity contribution in [2.75, 3.05) is 18.5 Å². The third-order valence-electron chi connectivity index (χ3n) is 4.58. The van der Waals surface area contributed by atoms with E-state index in [2.05, 4.69) is 34.6 Å². The Morgan fingerprint density at radius 3 is 2.32 bits per heavy atom. The minimum Gasteiger partial charge on any atom is -0.466 e. The Balaban J connectivity index is 1.71. The molecule has 0 aliphatic rings. The predicted octanol–water partition coefficient (Wildman–Crippen LogP) is 4.49. The highest BCUT2D eigenvalue weighted by Crippen LogP contribution is 2.21. The summed E-state index contributed by atoms with van der Waals surface area (Å²) in [6, 6.07) is 18.1. The lowest BCUT2D eigenvalue weighted by atomic mass is 9.99. The number of ether oxygens (including phenoxy) is 2. The van der Waals surface area contributed by atoms with Gasteiger partial charge in [-0.2, -0.15) is 4.98 Å². The van der Waals surface area contributed by atoms with Crippen molar-refractivity contribution in [3.8, 4) is 11.1 Å². The summed E-state index contributed by atoms with van der Waals surface area (Å²) in [4.78, 5) is 28.0. The van der Waals surface area contributed by atoms with Gasteiger partial charge in [-0.05, 0) is 37.0 Å². The number of nitrogens with one attached hydrogen (secondary N) is 1. The summed E-state index contributed by atoms with van der Waals surface area (Å²) in [6.45, 7) is 4.04. The van der Waals surface area contributed by atoms with Crippen LogP contribution in [-0.4, -0.2) is 36.2 Å². The molecule has 0 radical (unpaired) electrons. The second-order valence-electron chi connectivity index (χ2n) is 6.88. The summed E-state index contributed by atoms with van der Waals surface area (Å²) in [7, 11) is 0. The van der Waals surface area contributed by atoms with Crippen molar-refractivity contribution in [3.05, 3.63) is 72.1 Å². The molecule has 1 N–H and O–H groups in total. The molecule has 0 saturated heterocycles. The van der Waals surface area contributed by atoms with E-state index < -0.39 is 5.97 Å². The van der Waals surface area contributed by atoms with Crippen LogP contribution in [0, 0.1) is 0 Å². The molecule has 0 bridgehead atoms. The summed E-state index contributed by atoms with van der Waals surface area (Å²) in [5.74, 6) is -0.879. The minimum absolute atomic E-state index is 0.0754. The molecule has 31 heavy (non-hydrogen) atoms. The first-order chi connectivity index (χ1) is 15.1. The van der Waals surface area contributed by atoms with Crippen LogP contribution >= 0.6 is 0 Å². The summed E-state index contributed by atoms with van der Waals surface area (Å²) in [5, 5.41) is 3.09. The van der Waals surface area contributed by atoms with E-state index in [1.807, 2.05) is 30.3 Å². The zero-order valence-corrected chi connectivity index (χ0v) is 17.7. The van der Waals surface area contributed by atoms with E-state index in [1.54, 1.807) is 13.8 Å². The zero-order chi connectivity index (χ0) is 22.1. The van der Waals surface area contributed by atoms with E-state index in [-0.39, 0.29) is 36.7 Å². The molecule has 0 unspecified atom stereocenters. The molecule has 0 spiro atoms. The molecule has 3 rings (SSSR count). The summed E-state index contributed by atoms with van der Waals surface area (Å²) < 4.78 is 15.4. The Hall–Kier alpha value is -3.61. The Kier molecular flexibility index (Phi) is 7.81. The number of hydrogen-bond donors (Lipinski definition) is 1. The fraction of sp³-hybridized carbons (Fsp3) is 0.292. The van der Waals surface area contributed by atoms with Crippen molar-refractivity contribution in [1.29, 1.82) is 0 Å². The monoisotopic (exact) mass is 422 g/mol. The smallest absolute Gasteiger partial charge is 0.360 e. The lowest BCUT2D eigenvalue weighted by molar-refractivity contribution is -0.143. The number of aromatic nitrogens is 1. The number of carbonyl (C=O) groups is 2. The number of rotatable bonds is 10. The number of hydrogen-bond acceptors (Lipinski definition) is 7. The molecule has 1 aromatic heterocycles. The highest BCUT2D eigenvalue weighted by molar-refractivity contribution is 5.87. The zero-order valence-electron chi connectivity index (χ0n) is 17.7. The van der Waals surface area contributed by atoms with Crippen molar-refractivity contribution in [2.24, 2.45) is 0 Å². The number of benzene rings is 2. The van der Waals surface area contributed by atoms with Crippen LogP contribution in [0.3, 0.4) is 0 Å². The lowest BCUT2D eigenvalue weighted by Crippen LogP contribution is -2.27. The van der Waals surface area contributed by atoms with Crippen LogP contribution in [0.1, 0.15) is 36.3 Å². The van der Waals surface area contributed by atoms with Gasteiger partial charge in [-0.25, -0.2) is 4.79 Å². The average Bonchev–Trinajstić information content (AvgIpc) is 3.24. The van der Waals surface area contributed by atoms with Gasteiger partial charge in [0.25, 0.3) is 6.01 Å². The molecule has 0 aliphatic heterocycles. The third kappa shape index (κ3) is 6.44. The van der Waals surface area contributed by atoms with Gasteiger partial charge in [0.15, 0.2) is 5.69 Å². The Morgan fingerprint density at radius 1 is 0.968 bits per heavy atom. The van der Waals surface area contributed by atoms with Crippen LogP contribution in [0.5, 0.6) is 0 Å². The van der Waals surface area contributed by atoms with Gasteiger partial charge in [0.2, 0.25) is 0 Å². The Morgan fingerprint density at radius 2 is 1.65 bits per heavy atom. The molecule has 7 heteroatoms. The van der Waals surface area contributed by atoms with Gasteiger partial charge in [0, 0.05) is 6.04 Å². The molecule has 0 fully saturated rings. The van der Waals surface area contributed by atoms with Gasteiger partial charge >= 0.3 is 11.9 Å².